The van der Waals surface area contributed by atoms with E-state index in [1.165, 1.54) is 11.7 Å². The largest absolute Gasteiger partial charge is 0.495 e. The number of pyridine rings is 1. The fourth-order valence-corrected chi connectivity index (χ4v) is 3.03. The standard InChI is InChI=1S/C21H21ClN2O4/c1-13(2)28-16-5-6-17-14(10-16)8-9-24(21(17)26)12-20(25)23-18-11-15(22)4-7-19(18)27-3/h4-11,13H,12H2,1-3H3,(H,23,25). The van der Waals surface area contributed by atoms with Crippen molar-refractivity contribution in [3.8, 4) is 11.5 Å². The van der Waals surface area contributed by atoms with Gasteiger partial charge in [-0.15, -0.1) is 0 Å². The summed E-state index contributed by atoms with van der Waals surface area (Å²) in [6.07, 6.45) is 1.64. The van der Waals surface area contributed by atoms with E-state index in [-0.39, 0.29) is 24.1 Å². The molecule has 0 saturated heterocycles. The minimum absolute atomic E-state index is 0.0463. The Morgan fingerprint density at radius 3 is 2.68 bits per heavy atom. The number of carbonyl (C=O) groups is 1. The van der Waals surface area contributed by atoms with Crippen LogP contribution in [-0.2, 0) is 11.3 Å². The Balaban J connectivity index is 1.82. The SMILES string of the molecule is COc1ccc(Cl)cc1NC(=O)Cn1ccc2cc(OC(C)C)ccc2c1=O. The summed E-state index contributed by atoms with van der Waals surface area (Å²) in [5.41, 5.74) is 0.200. The molecule has 28 heavy (non-hydrogen) atoms. The number of nitrogens with one attached hydrogen (secondary N) is 1. The second kappa shape index (κ2) is 8.35. The van der Waals surface area contributed by atoms with Gasteiger partial charge in [0.25, 0.3) is 5.56 Å². The molecule has 3 aromatic rings. The van der Waals surface area contributed by atoms with Gasteiger partial charge in [-0.25, -0.2) is 0 Å². The number of benzene rings is 2. The zero-order valence-electron chi connectivity index (χ0n) is 15.9. The highest BCUT2D eigenvalue weighted by molar-refractivity contribution is 6.31. The molecule has 6 nitrogen and oxygen atoms in total. The number of carbonyl (C=O) groups excluding carboxylic acids is 1. The van der Waals surface area contributed by atoms with Gasteiger partial charge in [-0.2, -0.15) is 0 Å². The van der Waals surface area contributed by atoms with Crippen molar-refractivity contribution in [2.45, 2.75) is 26.5 Å². The molecule has 1 aromatic heterocycles. The molecule has 0 bridgehead atoms. The first-order valence-corrected chi connectivity index (χ1v) is 9.18. The summed E-state index contributed by atoms with van der Waals surface area (Å²) in [4.78, 5) is 25.2. The Hall–Kier alpha value is -2.99. The number of rotatable bonds is 6. The third kappa shape index (κ3) is 4.46. The van der Waals surface area contributed by atoms with Gasteiger partial charge in [0, 0.05) is 16.6 Å². The Bertz CT molecular complexity index is 1080. The number of aromatic nitrogens is 1. The van der Waals surface area contributed by atoms with Gasteiger partial charge in [0.05, 0.1) is 18.9 Å². The molecule has 0 aliphatic rings. The van der Waals surface area contributed by atoms with Gasteiger partial charge in [-0.1, -0.05) is 11.6 Å². The van der Waals surface area contributed by atoms with E-state index in [2.05, 4.69) is 5.32 Å². The molecule has 0 aliphatic heterocycles. The summed E-state index contributed by atoms with van der Waals surface area (Å²) in [5, 5.41) is 4.48. The van der Waals surface area contributed by atoms with Gasteiger partial charge in [-0.3, -0.25) is 9.59 Å². The molecule has 1 amide bonds. The van der Waals surface area contributed by atoms with Crippen LogP contribution in [0, 0.1) is 0 Å². The molecule has 146 valence electrons. The summed E-state index contributed by atoms with van der Waals surface area (Å²) in [6, 6.07) is 12.0. The van der Waals surface area contributed by atoms with Gasteiger partial charge in [0.15, 0.2) is 0 Å². The van der Waals surface area contributed by atoms with E-state index in [0.29, 0.717) is 27.6 Å². The molecule has 1 N–H and O–H groups in total. The number of nitrogens with zero attached hydrogens (tertiary/aromatic N) is 1. The smallest absolute Gasteiger partial charge is 0.258 e. The monoisotopic (exact) mass is 400 g/mol. The highest BCUT2D eigenvalue weighted by Crippen LogP contribution is 2.27. The summed E-state index contributed by atoms with van der Waals surface area (Å²) in [6.45, 7) is 3.75. The van der Waals surface area contributed by atoms with Gasteiger partial charge in [-0.05, 0) is 61.7 Å². The van der Waals surface area contributed by atoms with Crippen LogP contribution in [0.15, 0.2) is 53.5 Å². The quantitative estimate of drug-likeness (QED) is 0.676. The summed E-state index contributed by atoms with van der Waals surface area (Å²) < 4.78 is 12.2. The summed E-state index contributed by atoms with van der Waals surface area (Å²) in [5.74, 6) is 0.827. The molecule has 0 fully saturated rings. The number of halogens is 1. The average Bonchev–Trinajstić information content (AvgIpc) is 2.64. The van der Waals surface area contributed by atoms with Crippen LogP contribution >= 0.6 is 11.6 Å². The van der Waals surface area contributed by atoms with E-state index in [1.54, 1.807) is 42.6 Å². The Morgan fingerprint density at radius 1 is 1.18 bits per heavy atom. The highest BCUT2D eigenvalue weighted by atomic mass is 35.5. The fourth-order valence-electron chi connectivity index (χ4n) is 2.86. The molecule has 0 saturated carbocycles. The predicted molar refractivity (Wildman–Crippen MR) is 111 cm³/mol. The van der Waals surface area contributed by atoms with Crippen LogP contribution in [0.3, 0.4) is 0 Å². The molecule has 0 radical (unpaired) electrons. The molecule has 0 spiro atoms. The van der Waals surface area contributed by atoms with Gasteiger partial charge in [0.1, 0.15) is 18.0 Å². The first kappa shape index (κ1) is 19.8. The van der Waals surface area contributed by atoms with Crippen LogP contribution in [-0.4, -0.2) is 23.7 Å². The highest BCUT2D eigenvalue weighted by Gasteiger charge is 2.11. The zero-order valence-corrected chi connectivity index (χ0v) is 16.6. The molecule has 0 unspecified atom stereocenters. The maximum absolute atomic E-state index is 12.7. The first-order chi connectivity index (χ1) is 13.4. The average molecular weight is 401 g/mol. The molecule has 0 aliphatic carbocycles. The third-order valence-electron chi connectivity index (χ3n) is 4.07. The Morgan fingerprint density at radius 2 is 1.96 bits per heavy atom. The normalized spacial score (nSPS) is 10.9. The van der Waals surface area contributed by atoms with Crippen molar-refractivity contribution in [3.05, 3.63) is 64.0 Å². The predicted octanol–water partition coefficient (Wildman–Crippen LogP) is 4.09. The van der Waals surface area contributed by atoms with Crippen molar-refractivity contribution in [1.82, 2.24) is 4.57 Å². The summed E-state index contributed by atoms with van der Waals surface area (Å²) in [7, 11) is 1.50. The topological polar surface area (TPSA) is 69.6 Å². The number of hydrogen-bond acceptors (Lipinski definition) is 4. The van der Waals surface area contributed by atoms with Gasteiger partial charge >= 0.3 is 0 Å². The van der Waals surface area contributed by atoms with Crippen LogP contribution in [0.5, 0.6) is 11.5 Å². The van der Waals surface area contributed by atoms with Crippen LogP contribution in [0.2, 0.25) is 5.02 Å². The first-order valence-electron chi connectivity index (χ1n) is 8.80. The van der Waals surface area contributed by atoms with E-state index in [9.17, 15) is 9.59 Å². The maximum Gasteiger partial charge on any atom is 0.258 e. The molecular weight excluding hydrogens is 380 g/mol. The lowest BCUT2D eigenvalue weighted by Crippen LogP contribution is -2.27. The minimum atomic E-state index is -0.359. The second-order valence-electron chi connectivity index (χ2n) is 6.56. The number of hydrogen-bond donors (Lipinski definition) is 1. The lowest BCUT2D eigenvalue weighted by atomic mass is 10.1. The van der Waals surface area contributed by atoms with E-state index in [0.717, 1.165) is 5.39 Å². The third-order valence-corrected chi connectivity index (χ3v) is 4.30. The lowest BCUT2D eigenvalue weighted by Gasteiger charge is -2.13. The molecule has 3 rings (SSSR count). The minimum Gasteiger partial charge on any atom is -0.495 e. The Labute approximate surface area is 167 Å². The van der Waals surface area contributed by atoms with Gasteiger partial charge < -0.3 is 19.4 Å². The molecule has 7 heteroatoms. The zero-order chi connectivity index (χ0) is 20.3. The van der Waals surface area contributed by atoms with Crippen molar-refractivity contribution >= 4 is 34.0 Å². The number of anilines is 1. The van der Waals surface area contributed by atoms with Crippen LogP contribution in [0.4, 0.5) is 5.69 Å². The van der Waals surface area contributed by atoms with Crippen molar-refractivity contribution in [3.63, 3.8) is 0 Å². The van der Waals surface area contributed by atoms with Gasteiger partial charge in [0.2, 0.25) is 5.91 Å². The second-order valence-corrected chi connectivity index (χ2v) is 6.99. The number of ether oxygens (including phenoxy) is 2. The Kier molecular flexibility index (Phi) is 5.90. The molecule has 1 heterocycles. The lowest BCUT2D eigenvalue weighted by molar-refractivity contribution is -0.116. The maximum atomic E-state index is 12.7. The summed E-state index contributed by atoms with van der Waals surface area (Å²) >= 11 is 5.98. The van der Waals surface area contributed by atoms with E-state index < -0.39 is 0 Å². The van der Waals surface area contributed by atoms with Crippen molar-refractivity contribution in [2.75, 3.05) is 12.4 Å². The van der Waals surface area contributed by atoms with E-state index in [1.807, 2.05) is 19.9 Å². The number of amides is 1. The van der Waals surface area contributed by atoms with E-state index in [4.69, 9.17) is 21.1 Å². The van der Waals surface area contributed by atoms with E-state index >= 15 is 0 Å². The fraction of sp³-hybridized carbons (Fsp3) is 0.238. The molecule has 0 atom stereocenters. The number of fused-ring (bicyclic) bond motifs is 1. The van der Waals surface area contributed by atoms with Crippen LogP contribution in [0.1, 0.15) is 13.8 Å². The van der Waals surface area contributed by atoms with Crippen LogP contribution < -0.4 is 20.3 Å². The molecular formula is C21H21ClN2O4. The van der Waals surface area contributed by atoms with Crippen molar-refractivity contribution in [1.29, 1.82) is 0 Å². The van der Waals surface area contributed by atoms with Crippen molar-refractivity contribution < 1.29 is 14.3 Å². The number of methoxy groups -OCH3 is 1. The van der Waals surface area contributed by atoms with Crippen LogP contribution in [0.25, 0.3) is 10.8 Å². The van der Waals surface area contributed by atoms with Crippen molar-refractivity contribution in [2.24, 2.45) is 0 Å². The molecule has 2 aromatic carbocycles.